The van der Waals surface area contributed by atoms with Gasteiger partial charge >= 0.3 is 0 Å². The topological polar surface area (TPSA) is 0 Å². The molecule has 1 aromatic rings. The highest BCUT2D eigenvalue weighted by Gasteiger charge is 2.46. The van der Waals surface area contributed by atoms with Gasteiger partial charge < -0.3 is 0 Å². The standard InChI is InChI=1S/C26H36F2/c1-3-5-7-20-9-11-21(12-10-20)22-13-15-23(16-14-22)24-17-18-25(8-6-4-2)26(27,28)19-24/h3-4,9-12,22-25H,1-2,5-8,13-19H2. The van der Waals surface area contributed by atoms with E-state index in [4.69, 9.17) is 0 Å². The van der Waals surface area contributed by atoms with E-state index in [1.54, 1.807) is 6.08 Å². The zero-order valence-electron chi connectivity index (χ0n) is 17.2. The molecular weight excluding hydrogens is 350 g/mol. The predicted octanol–water partition coefficient (Wildman–Crippen LogP) is 8.10. The Kier molecular flexibility index (Phi) is 7.48. The number of aryl methyl sites for hydroxylation is 1. The summed E-state index contributed by atoms with van der Waals surface area (Å²) in [6.07, 6.45) is 13.4. The minimum absolute atomic E-state index is 0.113. The van der Waals surface area contributed by atoms with Crippen molar-refractivity contribution in [2.24, 2.45) is 17.8 Å². The number of alkyl halides is 2. The lowest BCUT2D eigenvalue weighted by atomic mass is 9.66. The highest BCUT2D eigenvalue weighted by atomic mass is 19.3. The lowest BCUT2D eigenvalue weighted by molar-refractivity contribution is -0.114. The smallest absolute Gasteiger partial charge is 0.207 e. The predicted molar refractivity (Wildman–Crippen MR) is 115 cm³/mol. The van der Waals surface area contributed by atoms with Crippen molar-refractivity contribution >= 4 is 0 Å². The van der Waals surface area contributed by atoms with Crippen LogP contribution >= 0.6 is 0 Å². The highest BCUT2D eigenvalue weighted by molar-refractivity contribution is 5.26. The molecule has 2 saturated carbocycles. The van der Waals surface area contributed by atoms with E-state index in [2.05, 4.69) is 37.4 Å². The van der Waals surface area contributed by atoms with Gasteiger partial charge in [0.25, 0.3) is 5.92 Å². The van der Waals surface area contributed by atoms with Gasteiger partial charge in [-0.25, -0.2) is 8.78 Å². The Labute approximate surface area is 170 Å². The van der Waals surface area contributed by atoms with Crippen molar-refractivity contribution in [1.29, 1.82) is 0 Å². The van der Waals surface area contributed by atoms with Crippen LogP contribution in [-0.4, -0.2) is 5.92 Å². The van der Waals surface area contributed by atoms with E-state index in [1.807, 2.05) is 6.08 Å². The van der Waals surface area contributed by atoms with Gasteiger partial charge in [0, 0.05) is 12.3 Å². The molecule has 2 fully saturated rings. The van der Waals surface area contributed by atoms with Gasteiger partial charge in [-0.2, -0.15) is 0 Å². The summed E-state index contributed by atoms with van der Waals surface area (Å²) in [5.41, 5.74) is 2.80. The second-order valence-corrected chi connectivity index (χ2v) is 9.05. The Balaban J connectivity index is 1.50. The molecule has 154 valence electrons. The summed E-state index contributed by atoms with van der Waals surface area (Å²) >= 11 is 0. The number of allylic oxidation sites excluding steroid dienone is 2. The molecular formula is C26H36F2. The average Bonchev–Trinajstić information content (AvgIpc) is 2.71. The first kappa shape index (κ1) is 21.3. The van der Waals surface area contributed by atoms with Crippen molar-refractivity contribution in [2.75, 3.05) is 0 Å². The number of rotatable bonds is 8. The summed E-state index contributed by atoms with van der Waals surface area (Å²) in [7, 11) is 0. The fraction of sp³-hybridized carbons (Fsp3) is 0.615. The van der Waals surface area contributed by atoms with Crippen molar-refractivity contribution in [1.82, 2.24) is 0 Å². The first-order valence-electron chi connectivity index (χ1n) is 11.2. The third-order valence-corrected chi connectivity index (χ3v) is 7.26. The molecule has 0 heterocycles. The van der Waals surface area contributed by atoms with Crippen LogP contribution in [0.15, 0.2) is 49.6 Å². The van der Waals surface area contributed by atoms with Crippen molar-refractivity contribution in [3.8, 4) is 0 Å². The normalized spacial score (nSPS) is 29.9. The molecule has 0 spiro atoms. The van der Waals surface area contributed by atoms with Gasteiger partial charge in [-0.05, 0) is 93.1 Å². The summed E-state index contributed by atoms with van der Waals surface area (Å²) < 4.78 is 29.2. The second kappa shape index (κ2) is 9.85. The van der Waals surface area contributed by atoms with Gasteiger partial charge in [-0.3, -0.25) is 0 Å². The minimum atomic E-state index is -2.48. The van der Waals surface area contributed by atoms with Crippen molar-refractivity contribution in [3.05, 3.63) is 60.7 Å². The van der Waals surface area contributed by atoms with Crippen LogP contribution in [0.25, 0.3) is 0 Å². The second-order valence-electron chi connectivity index (χ2n) is 9.05. The van der Waals surface area contributed by atoms with Crippen LogP contribution in [0.3, 0.4) is 0 Å². The van der Waals surface area contributed by atoms with Gasteiger partial charge in [-0.15, -0.1) is 13.2 Å². The molecule has 0 N–H and O–H groups in total. The van der Waals surface area contributed by atoms with Gasteiger partial charge in [-0.1, -0.05) is 36.4 Å². The van der Waals surface area contributed by atoms with E-state index < -0.39 is 11.8 Å². The van der Waals surface area contributed by atoms with E-state index in [9.17, 15) is 8.78 Å². The quantitative estimate of drug-likeness (QED) is 0.396. The van der Waals surface area contributed by atoms with Gasteiger partial charge in [0.2, 0.25) is 0 Å². The monoisotopic (exact) mass is 386 g/mol. The van der Waals surface area contributed by atoms with E-state index in [0.29, 0.717) is 31.1 Å². The maximum absolute atomic E-state index is 14.6. The molecule has 0 aliphatic heterocycles. The summed E-state index contributed by atoms with van der Waals surface area (Å²) in [6.45, 7) is 7.47. The average molecular weight is 387 g/mol. The molecule has 2 unspecified atom stereocenters. The van der Waals surface area contributed by atoms with Crippen LogP contribution in [0.1, 0.15) is 81.3 Å². The van der Waals surface area contributed by atoms with Gasteiger partial charge in [0.05, 0.1) is 0 Å². The molecule has 0 bridgehead atoms. The maximum atomic E-state index is 14.6. The summed E-state index contributed by atoms with van der Waals surface area (Å²) in [5, 5.41) is 0. The molecule has 3 rings (SSSR count). The fourth-order valence-corrected chi connectivity index (χ4v) is 5.47. The molecule has 28 heavy (non-hydrogen) atoms. The largest absolute Gasteiger partial charge is 0.251 e. The highest BCUT2D eigenvalue weighted by Crippen LogP contribution is 2.49. The van der Waals surface area contributed by atoms with Gasteiger partial charge in [0.15, 0.2) is 0 Å². The fourth-order valence-electron chi connectivity index (χ4n) is 5.47. The molecule has 2 heteroatoms. The van der Waals surface area contributed by atoms with E-state index in [0.717, 1.165) is 44.9 Å². The summed E-state index contributed by atoms with van der Waals surface area (Å²) in [6, 6.07) is 9.05. The number of benzene rings is 1. The van der Waals surface area contributed by atoms with Crippen LogP contribution in [0.5, 0.6) is 0 Å². The summed E-state index contributed by atoms with van der Waals surface area (Å²) in [5.74, 6) is -1.59. The Morgan fingerprint density at radius 2 is 1.50 bits per heavy atom. The van der Waals surface area contributed by atoms with Gasteiger partial charge in [0.1, 0.15) is 0 Å². The van der Waals surface area contributed by atoms with Crippen molar-refractivity contribution < 1.29 is 8.78 Å². The molecule has 2 aliphatic rings. The van der Waals surface area contributed by atoms with Crippen LogP contribution < -0.4 is 0 Å². The first-order chi connectivity index (χ1) is 13.5. The molecule has 0 saturated heterocycles. The van der Waals surface area contributed by atoms with Crippen molar-refractivity contribution in [3.63, 3.8) is 0 Å². The number of hydrogen-bond acceptors (Lipinski definition) is 0. The zero-order valence-corrected chi connectivity index (χ0v) is 17.2. The molecule has 2 atom stereocenters. The van der Waals surface area contributed by atoms with E-state index in [-0.39, 0.29) is 12.3 Å². The third-order valence-electron chi connectivity index (χ3n) is 7.26. The molecule has 2 aliphatic carbocycles. The Hall–Kier alpha value is -1.44. The Bertz CT molecular complexity index is 622. The Morgan fingerprint density at radius 1 is 0.857 bits per heavy atom. The van der Waals surface area contributed by atoms with Crippen molar-refractivity contribution in [2.45, 2.75) is 82.5 Å². The maximum Gasteiger partial charge on any atom is 0.251 e. The van der Waals surface area contributed by atoms with Crippen LogP contribution in [0, 0.1) is 17.8 Å². The van der Waals surface area contributed by atoms with Crippen LogP contribution in [0.4, 0.5) is 8.78 Å². The SMILES string of the molecule is C=CCCc1ccc(C2CCC(C3CCC(CCC=C)C(F)(F)C3)CC2)cc1. The zero-order chi connectivity index (χ0) is 20.0. The number of halogens is 2. The van der Waals surface area contributed by atoms with E-state index >= 15 is 0 Å². The summed E-state index contributed by atoms with van der Waals surface area (Å²) in [4.78, 5) is 0. The Morgan fingerprint density at radius 3 is 2.11 bits per heavy atom. The first-order valence-corrected chi connectivity index (χ1v) is 11.2. The lowest BCUT2D eigenvalue weighted by Gasteiger charge is -2.41. The van der Waals surface area contributed by atoms with E-state index in [1.165, 1.54) is 11.1 Å². The lowest BCUT2D eigenvalue weighted by Crippen LogP contribution is -2.38. The number of hydrogen-bond donors (Lipinski definition) is 0. The molecule has 0 amide bonds. The molecule has 1 aromatic carbocycles. The van der Waals surface area contributed by atoms with Crippen LogP contribution in [0.2, 0.25) is 0 Å². The molecule has 0 radical (unpaired) electrons. The molecule has 0 aromatic heterocycles. The van der Waals surface area contributed by atoms with Crippen LogP contribution in [-0.2, 0) is 6.42 Å². The molecule has 0 nitrogen and oxygen atoms in total. The third kappa shape index (κ3) is 5.33. The minimum Gasteiger partial charge on any atom is -0.207 e.